The second-order valence-corrected chi connectivity index (χ2v) is 10.7. The molecule has 0 atom stereocenters. The van der Waals surface area contributed by atoms with Crippen LogP contribution in [0.3, 0.4) is 0 Å². The van der Waals surface area contributed by atoms with E-state index in [0.29, 0.717) is 11.3 Å². The molecule has 182 valence electrons. The summed E-state index contributed by atoms with van der Waals surface area (Å²) < 4.78 is 10.9. The van der Waals surface area contributed by atoms with Gasteiger partial charge in [0.2, 0.25) is 0 Å². The van der Waals surface area contributed by atoms with Gasteiger partial charge in [-0.25, -0.2) is 0 Å². The van der Waals surface area contributed by atoms with Gasteiger partial charge in [-0.15, -0.1) is 12.4 Å². The number of hydrogen-bond acceptors (Lipinski definition) is 5. The number of nitrogens with zero attached hydrogens (tertiary/aromatic N) is 3. The molecule has 0 N–H and O–H groups in total. The summed E-state index contributed by atoms with van der Waals surface area (Å²) in [7, 11) is 0. The maximum Gasteiger partial charge on any atom is 0.0947 e. The minimum atomic E-state index is 0. The van der Waals surface area contributed by atoms with Crippen molar-refractivity contribution in [1.29, 1.82) is 0 Å². The van der Waals surface area contributed by atoms with Crippen molar-refractivity contribution in [3.63, 3.8) is 0 Å². The number of anilines is 2. The minimum Gasteiger partial charge on any atom is -0.472 e. The Hall–Kier alpha value is -1.69. The highest BCUT2D eigenvalue weighted by atomic mass is 35.5. The molecule has 0 unspecified atom stereocenters. The number of morpholine rings is 1. The molecule has 5 rings (SSSR count). The van der Waals surface area contributed by atoms with Crippen molar-refractivity contribution < 1.29 is 9.15 Å². The fourth-order valence-electron chi connectivity index (χ4n) is 5.67. The molecule has 3 heterocycles. The molecule has 2 aromatic rings. The summed E-state index contributed by atoms with van der Waals surface area (Å²) in [5.74, 6) is 0.683. The van der Waals surface area contributed by atoms with Gasteiger partial charge in [-0.2, -0.15) is 0 Å². The van der Waals surface area contributed by atoms with Crippen LogP contribution in [0.2, 0.25) is 0 Å². The Morgan fingerprint density at radius 2 is 1.64 bits per heavy atom. The molecule has 1 aliphatic carbocycles. The second kappa shape index (κ2) is 10.7. The molecule has 3 aliphatic rings. The summed E-state index contributed by atoms with van der Waals surface area (Å²) in [4.78, 5) is 7.70. The SMILES string of the molecule is CC1(C)CCC(c2cc(N3CCOCC3)ccc2N2CCN(Cc3ccoc3)CC2)CC1.Cl. The highest BCUT2D eigenvalue weighted by molar-refractivity contribution is 5.85. The van der Waals surface area contributed by atoms with Crippen LogP contribution in [0.5, 0.6) is 0 Å². The Labute approximate surface area is 205 Å². The number of furan rings is 1. The van der Waals surface area contributed by atoms with Gasteiger partial charge in [0, 0.05) is 62.8 Å². The van der Waals surface area contributed by atoms with Gasteiger partial charge < -0.3 is 19.0 Å². The van der Waals surface area contributed by atoms with Gasteiger partial charge in [-0.3, -0.25) is 4.90 Å². The average Bonchev–Trinajstić information content (AvgIpc) is 3.33. The van der Waals surface area contributed by atoms with Crippen LogP contribution in [0.1, 0.15) is 56.6 Å². The van der Waals surface area contributed by atoms with E-state index in [1.807, 2.05) is 6.26 Å². The first-order valence-electron chi connectivity index (χ1n) is 12.5. The zero-order valence-electron chi connectivity index (χ0n) is 20.3. The van der Waals surface area contributed by atoms with E-state index < -0.39 is 0 Å². The van der Waals surface area contributed by atoms with Crippen molar-refractivity contribution in [2.75, 3.05) is 62.3 Å². The Morgan fingerprint density at radius 3 is 2.30 bits per heavy atom. The number of ether oxygens (including phenoxy) is 1. The molecule has 0 bridgehead atoms. The number of rotatable bonds is 5. The zero-order chi connectivity index (χ0) is 22.0. The first-order valence-corrected chi connectivity index (χ1v) is 12.5. The van der Waals surface area contributed by atoms with E-state index >= 15 is 0 Å². The van der Waals surface area contributed by atoms with E-state index in [4.69, 9.17) is 9.15 Å². The standard InChI is InChI=1S/C27H39N3O2.ClH/c1-27(2)8-5-23(6-9-27)25-19-24(29-14-17-31-18-15-29)3-4-26(25)30-12-10-28(11-13-30)20-22-7-16-32-21-22;/h3-4,7,16,19,21,23H,5-6,8-15,17-18,20H2,1-2H3;1H. The summed E-state index contributed by atoms with van der Waals surface area (Å²) in [5.41, 5.74) is 6.23. The van der Waals surface area contributed by atoms with Gasteiger partial charge in [-0.05, 0) is 66.8 Å². The van der Waals surface area contributed by atoms with E-state index in [9.17, 15) is 0 Å². The molecule has 5 nitrogen and oxygen atoms in total. The molecular formula is C27H40ClN3O2. The fraction of sp³-hybridized carbons (Fsp3) is 0.630. The molecule has 33 heavy (non-hydrogen) atoms. The van der Waals surface area contributed by atoms with Crippen LogP contribution in [0.25, 0.3) is 0 Å². The summed E-state index contributed by atoms with van der Waals surface area (Å²) in [6.45, 7) is 14.0. The first kappa shape index (κ1) is 24.4. The Morgan fingerprint density at radius 1 is 0.909 bits per heavy atom. The molecule has 6 heteroatoms. The molecule has 1 saturated carbocycles. The van der Waals surface area contributed by atoms with E-state index in [-0.39, 0.29) is 12.4 Å². The van der Waals surface area contributed by atoms with Crippen LogP contribution >= 0.6 is 12.4 Å². The highest BCUT2D eigenvalue weighted by Crippen LogP contribution is 2.45. The van der Waals surface area contributed by atoms with Gasteiger partial charge in [0.1, 0.15) is 0 Å². The van der Waals surface area contributed by atoms with Gasteiger partial charge in [-0.1, -0.05) is 13.8 Å². The molecule has 1 aromatic carbocycles. The predicted molar refractivity (Wildman–Crippen MR) is 138 cm³/mol. The summed E-state index contributed by atoms with van der Waals surface area (Å²) in [6, 6.07) is 9.39. The molecular weight excluding hydrogens is 434 g/mol. The van der Waals surface area contributed by atoms with Crippen molar-refractivity contribution >= 4 is 23.8 Å². The molecule has 2 aliphatic heterocycles. The molecule has 0 spiro atoms. The number of hydrogen-bond donors (Lipinski definition) is 0. The predicted octanol–water partition coefficient (Wildman–Crippen LogP) is 5.54. The Kier molecular flexibility index (Phi) is 7.93. The van der Waals surface area contributed by atoms with Crippen LogP contribution in [-0.4, -0.2) is 57.4 Å². The van der Waals surface area contributed by atoms with Crippen LogP contribution in [-0.2, 0) is 11.3 Å². The third-order valence-electron chi connectivity index (χ3n) is 7.87. The van der Waals surface area contributed by atoms with Gasteiger partial charge in [0.05, 0.1) is 25.7 Å². The van der Waals surface area contributed by atoms with Crippen LogP contribution in [0.15, 0.2) is 41.2 Å². The maximum atomic E-state index is 5.60. The second-order valence-electron chi connectivity index (χ2n) is 10.7. The topological polar surface area (TPSA) is 32.1 Å². The summed E-state index contributed by atoms with van der Waals surface area (Å²) >= 11 is 0. The third kappa shape index (κ3) is 5.87. The van der Waals surface area contributed by atoms with Gasteiger partial charge in [0.15, 0.2) is 0 Å². The average molecular weight is 474 g/mol. The maximum absolute atomic E-state index is 5.60. The van der Waals surface area contributed by atoms with E-state index in [0.717, 1.165) is 59.0 Å². The molecule has 2 saturated heterocycles. The van der Waals surface area contributed by atoms with Crippen molar-refractivity contribution in [3.05, 3.63) is 47.9 Å². The molecule has 0 amide bonds. The minimum absolute atomic E-state index is 0. The number of piperazine rings is 1. The lowest BCUT2D eigenvalue weighted by Crippen LogP contribution is -2.46. The normalized spacial score (nSPS) is 22.2. The van der Waals surface area contributed by atoms with Crippen molar-refractivity contribution in [3.8, 4) is 0 Å². The molecule has 1 aromatic heterocycles. The van der Waals surface area contributed by atoms with Gasteiger partial charge >= 0.3 is 0 Å². The van der Waals surface area contributed by atoms with Crippen LogP contribution in [0.4, 0.5) is 11.4 Å². The van der Waals surface area contributed by atoms with Crippen molar-refractivity contribution in [2.45, 2.75) is 52.0 Å². The highest BCUT2D eigenvalue weighted by Gasteiger charge is 2.31. The van der Waals surface area contributed by atoms with Gasteiger partial charge in [0.25, 0.3) is 0 Å². The van der Waals surface area contributed by atoms with Crippen LogP contribution in [0, 0.1) is 5.41 Å². The summed E-state index contributed by atoms with van der Waals surface area (Å²) in [5, 5.41) is 0. The molecule has 3 fully saturated rings. The number of benzene rings is 1. The Bertz CT molecular complexity index is 861. The quantitative estimate of drug-likeness (QED) is 0.568. The van der Waals surface area contributed by atoms with Crippen LogP contribution < -0.4 is 9.80 Å². The van der Waals surface area contributed by atoms with Crippen molar-refractivity contribution in [1.82, 2.24) is 4.90 Å². The Balaban J connectivity index is 0.00000259. The summed E-state index contributed by atoms with van der Waals surface area (Å²) in [6.07, 6.45) is 8.94. The van der Waals surface area contributed by atoms with E-state index in [1.165, 1.54) is 42.6 Å². The smallest absolute Gasteiger partial charge is 0.0947 e. The fourth-order valence-corrected chi connectivity index (χ4v) is 5.67. The van der Waals surface area contributed by atoms with Crippen molar-refractivity contribution in [2.24, 2.45) is 5.41 Å². The lowest BCUT2D eigenvalue weighted by molar-refractivity contribution is 0.122. The number of halogens is 1. The third-order valence-corrected chi connectivity index (χ3v) is 7.87. The van der Waals surface area contributed by atoms with E-state index in [1.54, 1.807) is 11.8 Å². The lowest BCUT2D eigenvalue weighted by atomic mass is 9.71. The zero-order valence-corrected chi connectivity index (χ0v) is 21.1. The molecule has 0 radical (unpaired) electrons. The largest absolute Gasteiger partial charge is 0.472 e. The lowest BCUT2D eigenvalue weighted by Gasteiger charge is -2.40. The monoisotopic (exact) mass is 473 g/mol. The first-order chi connectivity index (χ1) is 15.6. The van der Waals surface area contributed by atoms with E-state index in [2.05, 4.69) is 52.8 Å².